The van der Waals surface area contributed by atoms with Crippen molar-refractivity contribution in [3.8, 4) is 46.4 Å². The molecule has 0 spiro atoms. The number of imidazole rings is 2. The zero-order chi connectivity index (χ0) is 67.3. The zero-order valence-corrected chi connectivity index (χ0v) is 52.3. The maximum Gasteiger partial charge on any atom is 0.335 e. The number of nitrogens with zero attached hydrogens (tertiary/aromatic N) is 8. The van der Waals surface area contributed by atoms with Gasteiger partial charge < -0.3 is 38.3 Å². The number of carbonyl (C=O) groups is 2. The first kappa shape index (κ1) is 65.1. The van der Waals surface area contributed by atoms with Gasteiger partial charge in [-0.3, -0.25) is 0 Å². The highest BCUT2D eigenvalue weighted by atomic mass is 19.1. The Morgan fingerprint density at radius 1 is 0.500 bits per heavy atom. The Balaban J connectivity index is 0.000000192. The van der Waals surface area contributed by atoms with Crippen LogP contribution < -0.4 is 9.47 Å². The minimum Gasteiger partial charge on any atom is -0.478 e. The molecule has 4 aromatic heterocycles. The number of ether oxygens (including phenoxy) is 4. The van der Waals surface area contributed by atoms with Crippen LogP contribution >= 0.6 is 0 Å². The zero-order valence-electron chi connectivity index (χ0n) is 52.3. The van der Waals surface area contributed by atoms with Crippen molar-refractivity contribution < 1.29 is 65.1 Å². The van der Waals surface area contributed by atoms with E-state index >= 15 is 17.6 Å². The molecule has 22 heteroatoms. The lowest BCUT2D eigenvalue weighted by atomic mass is 9.93. The summed E-state index contributed by atoms with van der Waals surface area (Å²) in [5.74, 6) is -5.14. The molecule has 6 heterocycles. The van der Waals surface area contributed by atoms with Gasteiger partial charge in [-0.1, -0.05) is 24.3 Å². The van der Waals surface area contributed by atoms with Crippen LogP contribution in [0.15, 0.2) is 133 Å². The van der Waals surface area contributed by atoms with E-state index in [2.05, 4.69) is 9.97 Å². The standard InChI is InChI=1S/2C36H31F3N4O4/c2*1-35(2)17-31(36(3,4)47-35)43-30-14-21(34(44)45)10-11-29(30)41-32(43)15-23-13-27(39)24(16-26(23)38)28-6-5-7-33(42-28)46-19-22-9-8-20(18-40)12-25(22)37/h2*5-14,16,31H,15,17,19H2,1-4H3,(H,44,45). The van der Waals surface area contributed by atoms with E-state index in [9.17, 15) is 28.6 Å². The molecule has 0 saturated carbocycles. The van der Waals surface area contributed by atoms with Gasteiger partial charge in [0, 0.05) is 47.2 Å². The summed E-state index contributed by atoms with van der Waals surface area (Å²) < 4.78 is 119. The number of hydrogen-bond donors (Lipinski definition) is 2. The number of hydrogen-bond acceptors (Lipinski definition) is 12. The lowest BCUT2D eigenvalue weighted by molar-refractivity contribution is -0.0733. The van der Waals surface area contributed by atoms with Crippen LogP contribution in [0.25, 0.3) is 44.6 Å². The normalized spacial score (nSPS) is 16.7. The van der Waals surface area contributed by atoms with Crippen LogP contribution in [0.4, 0.5) is 26.3 Å². The molecule has 16 nitrogen and oxygen atoms in total. The van der Waals surface area contributed by atoms with E-state index < -0.39 is 69.2 Å². The van der Waals surface area contributed by atoms with Gasteiger partial charge in [0.15, 0.2) is 0 Å². The molecule has 94 heavy (non-hydrogen) atoms. The average molecular weight is 1280 g/mol. The summed E-state index contributed by atoms with van der Waals surface area (Å²) in [4.78, 5) is 41.7. The quantitative estimate of drug-likeness (QED) is 0.0860. The van der Waals surface area contributed by atoms with Gasteiger partial charge in [-0.25, -0.2) is 55.9 Å². The fourth-order valence-electron chi connectivity index (χ4n) is 12.6. The van der Waals surface area contributed by atoms with Crippen molar-refractivity contribution in [2.24, 2.45) is 0 Å². The molecule has 12 rings (SSSR count). The van der Waals surface area contributed by atoms with Crippen LogP contribution in [-0.4, -0.2) is 73.6 Å². The van der Waals surface area contributed by atoms with E-state index in [0.717, 1.165) is 36.4 Å². The second-order valence-corrected chi connectivity index (χ2v) is 25.5. The lowest BCUT2D eigenvalue weighted by Crippen LogP contribution is -2.32. The van der Waals surface area contributed by atoms with E-state index in [-0.39, 0.29) is 117 Å². The van der Waals surface area contributed by atoms with Gasteiger partial charge in [0.2, 0.25) is 11.8 Å². The lowest BCUT2D eigenvalue weighted by Gasteiger charge is -2.29. The van der Waals surface area contributed by atoms with Crippen molar-refractivity contribution in [2.45, 2.75) is 129 Å². The Hall–Kier alpha value is -10.4. The van der Waals surface area contributed by atoms with Crippen molar-refractivity contribution in [3.05, 3.63) is 225 Å². The molecule has 6 aromatic carbocycles. The SMILES string of the molecule is CC1(C)CC(n2c(Cc3cc(F)c(-c4cccc(OCc5ccc(C#N)cc5F)n4)cc3F)nc3ccc(C(=O)O)cc32)C(C)(C)O1.CC1(C)CC(n2c(Cc3cc(F)c(-c4cccc(OCc5ccc(C#N)cc5F)n4)cc3F)nc3ccc(C(=O)O)cc32)C(C)(C)O1. The number of rotatable bonds is 16. The molecule has 2 saturated heterocycles. The highest BCUT2D eigenvalue weighted by Gasteiger charge is 2.49. The number of aromatic nitrogens is 6. The molecule has 480 valence electrons. The third-order valence-electron chi connectivity index (χ3n) is 16.8. The molecule has 2 unspecified atom stereocenters. The monoisotopic (exact) mass is 1280 g/mol. The van der Waals surface area contributed by atoms with Gasteiger partial charge >= 0.3 is 11.9 Å². The Morgan fingerprint density at radius 3 is 1.22 bits per heavy atom. The van der Waals surface area contributed by atoms with Gasteiger partial charge in [-0.05, 0) is 176 Å². The van der Waals surface area contributed by atoms with E-state index in [1.165, 1.54) is 60.7 Å². The second-order valence-electron chi connectivity index (χ2n) is 25.5. The summed E-state index contributed by atoms with van der Waals surface area (Å²) in [5.41, 5.74) is 1.03. The summed E-state index contributed by atoms with van der Waals surface area (Å²) >= 11 is 0. The van der Waals surface area contributed by atoms with Crippen molar-refractivity contribution in [1.29, 1.82) is 10.5 Å². The number of fused-ring (bicyclic) bond motifs is 2. The summed E-state index contributed by atoms with van der Waals surface area (Å²) in [7, 11) is 0. The van der Waals surface area contributed by atoms with E-state index in [4.69, 9.17) is 39.4 Å². The first-order chi connectivity index (χ1) is 44.5. The van der Waals surface area contributed by atoms with Crippen LogP contribution in [0.1, 0.15) is 146 Å². The Morgan fingerprint density at radius 2 is 0.883 bits per heavy atom. The first-order valence-electron chi connectivity index (χ1n) is 29.9. The highest BCUT2D eigenvalue weighted by molar-refractivity contribution is 5.93. The van der Waals surface area contributed by atoms with Crippen LogP contribution in [-0.2, 0) is 35.5 Å². The summed E-state index contributed by atoms with van der Waals surface area (Å²) in [5, 5.41) is 37.2. The Bertz CT molecular complexity index is 4460. The molecule has 2 N–H and O–H groups in total. The minimum absolute atomic E-state index is 0.0564. The topological polar surface area (TPSA) is 221 Å². The largest absolute Gasteiger partial charge is 0.478 e. The fourth-order valence-corrected chi connectivity index (χ4v) is 12.6. The molecule has 0 aliphatic carbocycles. The van der Waals surface area contributed by atoms with Crippen LogP contribution in [0, 0.1) is 57.6 Å². The number of nitriles is 2. The molecular weight excluding hydrogens is 1220 g/mol. The van der Waals surface area contributed by atoms with E-state index in [0.29, 0.717) is 46.6 Å². The smallest absolute Gasteiger partial charge is 0.335 e. The maximum absolute atomic E-state index is 15.8. The van der Waals surface area contributed by atoms with E-state index in [1.807, 2.05) is 76.7 Å². The molecule has 10 aromatic rings. The van der Waals surface area contributed by atoms with Gasteiger partial charge in [-0.15, -0.1) is 0 Å². The first-order valence-corrected chi connectivity index (χ1v) is 29.9. The van der Waals surface area contributed by atoms with Crippen LogP contribution in [0.3, 0.4) is 0 Å². The van der Waals surface area contributed by atoms with Crippen molar-refractivity contribution >= 4 is 34.0 Å². The van der Waals surface area contributed by atoms with Crippen molar-refractivity contribution in [2.75, 3.05) is 0 Å². The summed E-state index contributed by atoms with van der Waals surface area (Å²) in [6.45, 7) is 15.3. The second kappa shape index (κ2) is 25.2. The maximum atomic E-state index is 15.8. The van der Waals surface area contributed by atoms with Crippen molar-refractivity contribution in [1.82, 2.24) is 29.1 Å². The molecule has 0 radical (unpaired) electrons. The highest BCUT2D eigenvalue weighted by Crippen LogP contribution is 2.49. The number of carboxylic acid groups (broad SMARTS) is 2. The number of benzene rings is 6. The molecule has 2 atom stereocenters. The van der Waals surface area contributed by atoms with Gasteiger partial charge in [0.25, 0.3) is 0 Å². The molecule has 0 amide bonds. The number of aromatic carboxylic acids is 2. The fraction of sp³-hybridized carbons (Fsp3) is 0.278. The summed E-state index contributed by atoms with van der Waals surface area (Å²) in [6.07, 6.45) is 1.04. The molecule has 0 bridgehead atoms. The Kier molecular flexibility index (Phi) is 17.5. The van der Waals surface area contributed by atoms with Gasteiger partial charge in [0.1, 0.15) is 59.8 Å². The number of carboxylic acids is 2. The minimum atomic E-state index is -1.09. The van der Waals surface area contributed by atoms with Gasteiger partial charge in [-0.2, -0.15) is 10.5 Å². The summed E-state index contributed by atoms with van der Waals surface area (Å²) in [6, 6.07) is 34.0. The predicted molar refractivity (Wildman–Crippen MR) is 335 cm³/mol. The predicted octanol–water partition coefficient (Wildman–Crippen LogP) is 15.5. The molecule has 2 aliphatic heterocycles. The Labute approximate surface area is 536 Å². The van der Waals surface area contributed by atoms with Gasteiger partial charge in [0.05, 0.1) is 102 Å². The van der Waals surface area contributed by atoms with Crippen LogP contribution in [0.2, 0.25) is 0 Å². The third kappa shape index (κ3) is 13.6. The third-order valence-corrected chi connectivity index (χ3v) is 16.8. The van der Waals surface area contributed by atoms with E-state index in [1.54, 1.807) is 36.4 Å². The molecule has 2 aliphatic rings. The van der Waals surface area contributed by atoms with Crippen molar-refractivity contribution in [3.63, 3.8) is 0 Å². The number of pyridine rings is 2. The average Bonchev–Trinajstić information content (AvgIpc) is 1.59. The molecule has 2 fully saturated rings. The molecular formula is C72H62F6N8O8. The van der Waals surface area contributed by atoms with Crippen LogP contribution in [0.5, 0.6) is 11.8 Å². The number of halogens is 6.